The summed E-state index contributed by atoms with van der Waals surface area (Å²) in [5, 5.41) is 6.83. The number of benzene rings is 1. The van der Waals surface area contributed by atoms with Crippen LogP contribution in [0.1, 0.15) is 37.7 Å². The van der Waals surface area contributed by atoms with Crippen molar-refractivity contribution in [2.75, 3.05) is 39.8 Å². The average Bonchev–Trinajstić information content (AvgIpc) is 3.00. The number of nitrogens with zero attached hydrogens (tertiary/aromatic N) is 2. The number of carbonyl (C=O) groups excluding carboxylic acids is 1. The second-order valence-electron chi connectivity index (χ2n) is 8.93. The zero-order valence-corrected chi connectivity index (χ0v) is 16.6. The maximum Gasteiger partial charge on any atom is 0.237 e. The Morgan fingerprint density at radius 2 is 1.89 bits per heavy atom. The fourth-order valence-electron chi connectivity index (χ4n) is 5.26. The number of hydrogen-bond donors (Lipinski definition) is 2. The van der Waals surface area contributed by atoms with Crippen LogP contribution in [0.2, 0.25) is 0 Å². The Hall–Kier alpha value is -1.43. The maximum absolute atomic E-state index is 12.9. The summed E-state index contributed by atoms with van der Waals surface area (Å²) in [5.74, 6) is 0.259. The highest BCUT2D eigenvalue weighted by molar-refractivity contribution is 5.82. The quantitative estimate of drug-likeness (QED) is 0.849. The van der Waals surface area contributed by atoms with Gasteiger partial charge in [0.2, 0.25) is 5.91 Å². The molecule has 0 bridgehead atoms. The second kappa shape index (κ2) is 8.29. The number of nitrogens with one attached hydrogen (secondary N) is 2. The van der Waals surface area contributed by atoms with Gasteiger partial charge in [-0.25, -0.2) is 0 Å². The van der Waals surface area contributed by atoms with Gasteiger partial charge in [0.15, 0.2) is 0 Å². The highest BCUT2D eigenvalue weighted by Gasteiger charge is 2.45. The number of likely N-dealkylation sites (tertiary alicyclic amines) is 2. The SMILES string of the molecule is CN1CC2(CCNCC2)CC1C(=O)NC1CCN(Cc2ccccc2)CC1. The summed E-state index contributed by atoms with van der Waals surface area (Å²) in [6, 6.07) is 11.1. The highest BCUT2D eigenvalue weighted by atomic mass is 16.2. The van der Waals surface area contributed by atoms with Crippen LogP contribution in [0.15, 0.2) is 30.3 Å². The molecule has 3 aliphatic heterocycles. The number of piperidine rings is 2. The predicted octanol–water partition coefficient (Wildman–Crippen LogP) is 1.84. The van der Waals surface area contributed by atoms with E-state index in [2.05, 4.69) is 57.8 Å². The average molecular weight is 371 g/mol. The van der Waals surface area contributed by atoms with Gasteiger partial charge >= 0.3 is 0 Å². The van der Waals surface area contributed by atoms with E-state index in [1.807, 2.05) is 0 Å². The lowest BCUT2D eigenvalue weighted by atomic mass is 9.77. The van der Waals surface area contributed by atoms with Crippen molar-refractivity contribution in [1.82, 2.24) is 20.4 Å². The van der Waals surface area contributed by atoms with Gasteiger partial charge in [-0.3, -0.25) is 14.6 Å². The van der Waals surface area contributed by atoms with Gasteiger partial charge in [0.1, 0.15) is 0 Å². The van der Waals surface area contributed by atoms with E-state index < -0.39 is 0 Å². The van der Waals surface area contributed by atoms with Crippen LogP contribution in [-0.4, -0.2) is 67.6 Å². The van der Waals surface area contributed by atoms with Crippen LogP contribution in [0, 0.1) is 5.41 Å². The Labute approximate surface area is 163 Å². The Kier molecular flexibility index (Phi) is 5.81. The van der Waals surface area contributed by atoms with Gasteiger partial charge in [-0.2, -0.15) is 0 Å². The van der Waals surface area contributed by atoms with Crippen molar-refractivity contribution in [1.29, 1.82) is 0 Å². The second-order valence-corrected chi connectivity index (χ2v) is 8.93. The van der Waals surface area contributed by atoms with E-state index in [0.29, 0.717) is 11.5 Å². The molecule has 4 rings (SSSR count). The molecule has 1 spiro atoms. The molecule has 3 saturated heterocycles. The normalized spacial score (nSPS) is 27.1. The molecule has 1 aromatic carbocycles. The van der Waals surface area contributed by atoms with Gasteiger partial charge < -0.3 is 10.6 Å². The van der Waals surface area contributed by atoms with Gasteiger partial charge in [-0.15, -0.1) is 0 Å². The number of carbonyl (C=O) groups is 1. The fraction of sp³-hybridized carbons (Fsp3) is 0.682. The van der Waals surface area contributed by atoms with Crippen LogP contribution in [-0.2, 0) is 11.3 Å². The molecule has 0 saturated carbocycles. The van der Waals surface area contributed by atoms with Crippen LogP contribution in [0.25, 0.3) is 0 Å². The van der Waals surface area contributed by atoms with Gasteiger partial charge in [-0.05, 0) is 63.2 Å². The molecule has 1 unspecified atom stereocenters. The van der Waals surface area contributed by atoms with Crippen LogP contribution in [0.5, 0.6) is 0 Å². The summed E-state index contributed by atoms with van der Waals surface area (Å²) in [5.41, 5.74) is 1.74. The van der Waals surface area contributed by atoms with Crippen molar-refractivity contribution in [2.24, 2.45) is 5.41 Å². The Morgan fingerprint density at radius 3 is 2.59 bits per heavy atom. The van der Waals surface area contributed by atoms with E-state index >= 15 is 0 Å². The molecule has 5 nitrogen and oxygen atoms in total. The third kappa shape index (κ3) is 4.53. The molecule has 5 heteroatoms. The van der Waals surface area contributed by atoms with Gasteiger partial charge in [0.25, 0.3) is 0 Å². The molecule has 3 heterocycles. The van der Waals surface area contributed by atoms with Crippen LogP contribution in [0.4, 0.5) is 0 Å². The molecule has 27 heavy (non-hydrogen) atoms. The number of hydrogen-bond acceptors (Lipinski definition) is 4. The molecule has 1 aromatic rings. The summed E-state index contributed by atoms with van der Waals surface area (Å²) >= 11 is 0. The minimum atomic E-state index is 0.0606. The smallest absolute Gasteiger partial charge is 0.237 e. The topological polar surface area (TPSA) is 47.6 Å². The summed E-state index contributed by atoms with van der Waals surface area (Å²) in [6.07, 6.45) is 5.57. The molecule has 1 amide bonds. The number of rotatable bonds is 4. The molecule has 0 aliphatic carbocycles. The fourth-order valence-corrected chi connectivity index (χ4v) is 5.26. The van der Waals surface area contributed by atoms with Crippen LogP contribution in [0.3, 0.4) is 0 Å². The lowest BCUT2D eigenvalue weighted by Crippen LogP contribution is -2.49. The Balaban J connectivity index is 1.25. The minimum absolute atomic E-state index is 0.0606. The molecule has 1 atom stereocenters. The number of likely N-dealkylation sites (N-methyl/N-ethyl adjacent to an activating group) is 1. The van der Waals surface area contributed by atoms with Crippen molar-refractivity contribution >= 4 is 5.91 Å². The monoisotopic (exact) mass is 370 g/mol. The first kappa shape index (κ1) is 18.9. The van der Waals surface area contributed by atoms with Gasteiger partial charge in [-0.1, -0.05) is 30.3 Å². The largest absolute Gasteiger partial charge is 0.352 e. The molecular weight excluding hydrogens is 336 g/mol. The zero-order chi connectivity index (χ0) is 18.7. The molecule has 0 radical (unpaired) electrons. The first-order valence-electron chi connectivity index (χ1n) is 10.6. The highest BCUT2D eigenvalue weighted by Crippen LogP contribution is 2.41. The first-order chi connectivity index (χ1) is 13.1. The number of amides is 1. The molecule has 2 N–H and O–H groups in total. The third-order valence-corrected chi connectivity index (χ3v) is 6.89. The van der Waals surface area contributed by atoms with Crippen molar-refractivity contribution in [2.45, 2.75) is 50.7 Å². The zero-order valence-electron chi connectivity index (χ0n) is 16.6. The third-order valence-electron chi connectivity index (χ3n) is 6.89. The molecule has 3 fully saturated rings. The van der Waals surface area contributed by atoms with E-state index in [0.717, 1.165) is 58.5 Å². The van der Waals surface area contributed by atoms with Gasteiger partial charge in [0.05, 0.1) is 6.04 Å². The summed E-state index contributed by atoms with van der Waals surface area (Å²) in [6.45, 7) is 6.42. The van der Waals surface area contributed by atoms with Crippen molar-refractivity contribution < 1.29 is 4.79 Å². The molecule has 148 valence electrons. The van der Waals surface area contributed by atoms with Crippen LogP contribution < -0.4 is 10.6 Å². The van der Waals surface area contributed by atoms with E-state index in [-0.39, 0.29) is 11.9 Å². The van der Waals surface area contributed by atoms with Crippen LogP contribution >= 0.6 is 0 Å². The Bertz CT molecular complexity index is 620. The van der Waals surface area contributed by atoms with Crippen molar-refractivity contribution in [3.05, 3.63) is 35.9 Å². The summed E-state index contributed by atoms with van der Waals surface area (Å²) < 4.78 is 0. The van der Waals surface area contributed by atoms with Crippen molar-refractivity contribution in [3.63, 3.8) is 0 Å². The van der Waals surface area contributed by atoms with E-state index in [1.54, 1.807) is 0 Å². The predicted molar refractivity (Wildman–Crippen MR) is 108 cm³/mol. The van der Waals surface area contributed by atoms with Crippen molar-refractivity contribution in [3.8, 4) is 0 Å². The van der Waals surface area contributed by atoms with E-state index in [4.69, 9.17) is 0 Å². The lowest BCUT2D eigenvalue weighted by Gasteiger charge is -2.34. The summed E-state index contributed by atoms with van der Waals surface area (Å²) in [7, 11) is 2.13. The summed E-state index contributed by atoms with van der Waals surface area (Å²) in [4.78, 5) is 17.7. The first-order valence-corrected chi connectivity index (χ1v) is 10.6. The molecule has 3 aliphatic rings. The maximum atomic E-state index is 12.9. The molecular formula is C22H34N4O. The molecule has 0 aromatic heterocycles. The van der Waals surface area contributed by atoms with E-state index in [1.165, 1.54) is 18.4 Å². The Morgan fingerprint density at radius 1 is 1.19 bits per heavy atom. The van der Waals surface area contributed by atoms with Gasteiger partial charge in [0, 0.05) is 32.2 Å². The van der Waals surface area contributed by atoms with E-state index in [9.17, 15) is 4.79 Å². The standard InChI is InChI=1S/C22H34N4O/c1-25-17-22(9-11-23-12-10-22)15-20(25)21(27)24-19-7-13-26(14-8-19)16-18-5-3-2-4-6-18/h2-6,19-20,23H,7-17H2,1H3,(H,24,27). The minimum Gasteiger partial charge on any atom is -0.352 e. The lowest BCUT2D eigenvalue weighted by molar-refractivity contribution is -0.126.